The van der Waals surface area contributed by atoms with E-state index in [1.165, 1.54) is 0 Å². The lowest BCUT2D eigenvalue weighted by Gasteiger charge is -2.26. The molecule has 16 heavy (non-hydrogen) atoms. The second-order valence-corrected chi connectivity index (χ2v) is 5.31. The van der Waals surface area contributed by atoms with Gasteiger partial charge in [-0.05, 0) is 11.3 Å². The molecule has 5 heteroatoms. The molecule has 1 atom stereocenters. The highest BCUT2D eigenvalue weighted by Gasteiger charge is 2.28. The Morgan fingerprint density at radius 2 is 1.88 bits per heavy atom. The Bertz CT molecular complexity index is 237. The van der Waals surface area contributed by atoms with Gasteiger partial charge in [0.25, 0.3) is 5.92 Å². The molecule has 0 aliphatic heterocycles. The summed E-state index contributed by atoms with van der Waals surface area (Å²) in [5, 5.41) is 2.21. The molecule has 1 amide bonds. The van der Waals surface area contributed by atoms with E-state index in [9.17, 15) is 13.6 Å². The summed E-state index contributed by atoms with van der Waals surface area (Å²) in [5.74, 6) is -3.23. The fourth-order valence-electron chi connectivity index (χ4n) is 0.957. The van der Waals surface area contributed by atoms with Gasteiger partial charge in [-0.1, -0.05) is 27.7 Å². The van der Waals surface area contributed by atoms with Gasteiger partial charge in [0.05, 0.1) is 13.1 Å². The third-order valence-corrected chi connectivity index (χ3v) is 2.81. The number of rotatable bonds is 5. The zero-order valence-corrected chi connectivity index (χ0v) is 10.4. The smallest absolute Gasteiger partial charge is 0.277 e. The Hall–Kier alpha value is -0.710. The Balaban J connectivity index is 4.02. The van der Waals surface area contributed by atoms with Gasteiger partial charge in [0.1, 0.15) is 0 Å². The molecule has 0 saturated carbocycles. The summed E-state index contributed by atoms with van der Waals surface area (Å²) in [6.07, 6.45) is 0.254. The Labute approximate surface area is 95.8 Å². The van der Waals surface area contributed by atoms with Crippen LogP contribution in [0.5, 0.6) is 0 Å². The predicted octanol–water partition coefficient (Wildman–Crippen LogP) is 1.77. The van der Waals surface area contributed by atoms with Crippen LogP contribution in [0.2, 0.25) is 0 Å². The molecule has 0 aromatic heterocycles. The van der Waals surface area contributed by atoms with E-state index in [-0.39, 0.29) is 23.7 Å². The highest BCUT2D eigenvalue weighted by Crippen LogP contribution is 2.27. The molecule has 3 nitrogen and oxygen atoms in total. The quantitative estimate of drug-likeness (QED) is 0.764. The van der Waals surface area contributed by atoms with Crippen molar-refractivity contribution in [2.24, 2.45) is 17.1 Å². The summed E-state index contributed by atoms with van der Waals surface area (Å²) in [6.45, 7) is 6.54. The molecule has 3 N–H and O–H groups in total. The fraction of sp³-hybridized carbons (Fsp3) is 0.909. The number of carbonyl (C=O) groups is 1. The standard InChI is InChI=1S/C11H22F2N2O/c1-8(10(2,3)4)5-9(16)15-7-11(12,13)6-14/h8H,5-7,14H2,1-4H3,(H,15,16). The van der Waals surface area contributed by atoms with Gasteiger partial charge in [0.2, 0.25) is 5.91 Å². The number of nitrogens with one attached hydrogen (secondary N) is 1. The Kier molecular flexibility index (Phi) is 5.32. The molecule has 0 aliphatic rings. The van der Waals surface area contributed by atoms with E-state index in [4.69, 9.17) is 5.73 Å². The van der Waals surface area contributed by atoms with E-state index in [0.29, 0.717) is 0 Å². The van der Waals surface area contributed by atoms with Gasteiger partial charge in [-0.15, -0.1) is 0 Å². The lowest BCUT2D eigenvalue weighted by molar-refractivity contribution is -0.124. The molecule has 0 heterocycles. The summed E-state index contributed by atoms with van der Waals surface area (Å²) in [4.78, 5) is 11.4. The molecule has 1 unspecified atom stereocenters. The first-order valence-electron chi connectivity index (χ1n) is 5.43. The van der Waals surface area contributed by atoms with Gasteiger partial charge in [-0.2, -0.15) is 0 Å². The van der Waals surface area contributed by atoms with E-state index >= 15 is 0 Å². The summed E-state index contributed by atoms with van der Waals surface area (Å²) >= 11 is 0. The lowest BCUT2D eigenvalue weighted by atomic mass is 9.80. The number of amides is 1. The maximum absolute atomic E-state index is 12.7. The van der Waals surface area contributed by atoms with Gasteiger partial charge in [0, 0.05) is 6.42 Å². The van der Waals surface area contributed by atoms with Crippen LogP contribution in [0.1, 0.15) is 34.1 Å². The molecule has 0 spiro atoms. The zero-order valence-electron chi connectivity index (χ0n) is 10.4. The zero-order chi connectivity index (χ0) is 13.0. The van der Waals surface area contributed by atoms with Gasteiger partial charge < -0.3 is 11.1 Å². The van der Waals surface area contributed by atoms with Crippen LogP contribution in [0.15, 0.2) is 0 Å². The SMILES string of the molecule is CC(CC(=O)NCC(F)(F)CN)C(C)(C)C. The number of nitrogens with two attached hydrogens (primary N) is 1. The van der Waals surface area contributed by atoms with E-state index < -0.39 is 19.0 Å². The molecular formula is C11H22F2N2O. The summed E-state index contributed by atoms with van der Waals surface area (Å²) in [5.41, 5.74) is 4.86. The van der Waals surface area contributed by atoms with Crippen molar-refractivity contribution in [2.45, 2.75) is 40.0 Å². The van der Waals surface area contributed by atoms with Crippen LogP contribution in [-0.2, 0) is 4.79 Å². The molecular weight excluding hydrogens is 214 g/mol. The van der Waals surface area contributed by atoms with Gasteiger partial charge in [-0.25, -0.2) is 8.78 Å². The number of alkyl halides is 2. The fourth-order valence-corrected chi connectivity index (χ4v) is 0.957. The Morgan fingerprint density at radius 3 is 2.25 bits per heavy atom. The second-order valence-electron chi connectivity index (χ2n) is 5.31. The van der Waals surface area contributed by atoms with Crippen molar-refractivity contribution < 1.29 is 13.6 Å². The molecule has 0 rings (SSSR count). The molecule has 0 radical (unpaired) electrons. The molecule has 0 aromatic carbocycles. The third kappa shape index (κ3) is 6.00. The van der Waals surface area contributed by atoms with Crippen molar-refractivity contribution in [1.82, 2.24) is 5.32 Å². The van der Waals surface area contributed by atoms with Crippen LogP contribution in [0.25, 0.3) is 0 Å². The van der Waals surface area contributed by atoms with Crippen LogP contribution in [0.3, 0.4) is 0 Å². The minimum atomic E-state index is -3.01. The topological polar surface area (TPSA) is 55.1 Å². The van der Waals surface area contributed by atoms with Crippen LogP contribution >= 0.6 is 0 Å². The monoisotopic (exact) mass is 236 g/mol. The second kappa shape index (κ2) is 5.57. The van der Waals surface area contributed by atoms with Gasteiger partial charge >= 0.3 is 0 Å². The average Bonchev–Trinajstić information content (AvgIpc) is 2.13. The van der Waals surface area contributed by atoms with Crippen LogP contribution in [-0.4, -0.2) is 24.9 Å². The van der Waals surface area contributed by atoms with Crippen molar-refractivity contribution in [3.63, 3.8) is 0 Å². The Morgan fingerprint density at radius 1 is 1.38 bits per heavy atom. The van der Waals surface area contributed by atoms with Crippen LogP contribution in [0, 0.1) is 11.3 Å². The highest BCUT2D eigenvalue weighted by molar-refractivity contribution is 5.76. The van der Waals surface area contributed by atoms with Crippen molar-refractivity contribution in [1.29, 1.82) is 0 Å². The molecule has 0 aliphatic carbocycles. The summed E-state index contributed by atoms with van der Waals surface area (Å²) < 4.78 is 25.5. The van der Waals surface area contributed by atoms with Crippen molar-refractivity contribution in [3.8, 4) is 0 Å². The van der Waals surface area contributed by atoms with E-state index in [1.54, 1.807) is 0 Å². The van der Waals surface area contributed by atoms with Crippen LogP contribution in [0.4, 0.5) is 8.78 Å². The lowest BCUT2D eigenvalue weighted by Crippen LogP contribution is -2.42. The molecule has 0 saturated heterocycles. The number of carbonyl (C=O) groups excluding carboxylic acids is 1. The maximum atomic E-state index is 12.7. The molecule has 0 aromatic rings. The molecule has 96 valence electrons. The number of hydrogen-bond acceptors (Lipinski definition) is 2. The van der Waals surface area contributed by atoms with Crippen molar-refractivity contribution in [2.75, 3.05) is 13.1 Å². The normalized spacial score (nSPS) is 14.7. The largest absolute Gasteiger partial charge is 0.350 e. The van der Waals surface area contributed by atoms with E-state index in [2.05, 4.69) is 5.32 Å². The highest BCUT2D eigenvalue weighted by atomic mass is 19.3. The minimum Gasteiger partial charge on any atom is -0.350 e. The first-order chi connectivity index (χ1) is 7.08. The van der Waals surface area contributed by atoms with Crippen molar-refractivity contribution >= 4 is 5.91 Å². The average molecular weight is 236 g/mol. The van der Waals surface area contributed by atoms with Gasteiger partial charge in [0.15, 0.2) is 0 Å². The predicted molar refractivity (Wildman–Crippen MR) is 60.2 cm³/mol. The number of hydrogen-bond donors (Lipinski definition) is 2. The number of halogens is 2. The first-order valence-corrected chi connectivity index (χ1v) is 5.43. The van der Waals surface area contributed by atoms with Crippen LogP contribution < -0.4 is 11.1 Å². The van der Waals surface area contributed by atoms with Gasteiger partial charge in [-0.3, -0.25) is 4.79 Å². The molecule has 0 bridgehead atoms. The van der Waals surface area contributed by atoms with Crippen molar-refractivity contribution in [3.05, 3.63) is 0 Å². The molecule has 0 fully saturated rings. The first kappa shape index (κ1) is 15.3. The maximum Gasteiger partial charge on any atom is 0.277 e. The minimum absolute atomic E-state index is 0.00622. The van der Waals surface area contributed by atoms with E-state index in [1.807, 2.05) is 27.7 Å². The van der Waals surface area contributed by atoms with E-state index in [0.717, 1.165) is 0 Å². The third-order valence-electron chi connectivity index (χ3n) is 2.81. The summed E-state index contributed by atoms with van der Waals surface area (Å²) in [7, 11) is 0. The summed E-state index contributed by atoms with van der Waals surface area (Å²) in [6, 6.07) is 0.